The molecule has 2 aromatic heterocycles. The van der Waals surface area contributed by atoms with E-state index >= 15 is 0 Å². The minimum absolute atomic E-state index is 0.0892. The molecule has 1 aromatic carbocycles. The van der Waals surface area contributed by atoms with E-state index < -0.39 is 23.9 Å². The summed E-state index contributed by atoms with van der Waals surface area (Å²) in [5, 5.41) is 3.57. The molecular weight excluding hydrogens is 503 g/mol. The van der Waals surface area contributed by atoms with Crippen LogP contribution in [0.2, 0.25) is 0 Å². The second kappa shape index (κ2) is 12.0. The molecule has 3 rings (SSSR count). The fourth-order valence-corrected chi connectivity index (χ4v) is 4.17. The summed E-state index contributed by atoms with van der Waals surface area (Å²) in [6, 6.07) is 5.07. The van der Waals surface area contributed by atoms with Gasteiger partial charge in [-0.15, -0.1) is 11.3 Å². The van der Waals surface area contributed by atoms with E-state index in [4.69, 9.17) is 4.74 Å². The van der Waals surface area contributed by atoms with Gasteiger partial charge in [-0.2, -0.15) is 13.2 Å². The molecule has 1 N–H and O–H groups in total. The third-order valence-electron chi connectivity index (χ3n) is 5.92. The Bertz CT molecular complexity index is 1200. The van der Waals surface area contributed by atoms with Crippen molar-refractivity contribution in [2.45, 2.75) is 65.4 Å². The van der Waals surface area contributed by atoms with Crippen LogP contribution in [0.15, 0.2) is 36.8 Å². The number of ether oxygens (including phenoxy) is 1. The second-order valence-electron chi connectivity index (χ2n) is 9.35. The third-order valence-corrected chi connectivity index (χ3v) is 6.88. The Morgan fingerprint density at radius 3 is 2.32 bits per heavy atom. The molecule has 0 radical (unpaired) electrons. The van der Waals surface area contributed by atoms with Gasteiger partial charge < -0.3 is 15.0 Å². The van der Waals surface area contributed by atoms with Gasteiger partial charge in [0.2, 0.25) is 5.82 Å². The van der Waals surface area contributed by atoms with Crippen molar-refractivity contribution in [2.75, 3.05) is 13.6 Å². The number of alkyl halides is 3. The Labute approximate surface area is 219 Å². The summed E-state index contributed by atoms with van der Waals surface area (Å²) in [5.41, 5.74) is 1.46. The summed E-state index contributed by atoms with van der Waals surface area (Å²) in [7, 11) is 2.06. The number of aryl methyl sites for hydroxylation is 1. The molecule has 0 fully saturated rings. The molecule has 0 saturated carbocycles. The molecule has 3 aromatic rings. The number of carbonyl (C=O) groups excluding carboxylic acids is 1. The van der Waals surface area contributed by atoms with Crippen molar-refractivity contribution in [3.63, 3.8) is 0 Å². The highest BCUT2D eigenvalue weighted by Gasteiger charge is 2.34. The van der Waals surface area contributed by atoms with Gasteiger partial charge >= 0.3 is 6.18 Å². The number of carbonyl (C=O) groups is 1. The Balaban J connectivity index is 1.80. The average molecular weight is 536 g/mol. The van der Waals surface area contributed by atoms with Crippen molar-refractivity contribution in [2.24, 2.45) is 0 Å². The normalized spacial score (nSPS) is 13.6. The molecule has 11 heteroatoms. The SMILES string of the molecule is Cc1cnc(-c2cc(O[C@H](C)CCN(C)C(C)C)cc(C(=O)N[C@H](C)c3cnc(C(F)(F)F)nc3)c2)s1. The van der Waals surface area contributed by atoms with Crippen LogP contribution in [0.1, 0.15) is 66.8 Å². The fourth-order valence-electron chi connectivity index (χ4n) is 3.42. The molecule has 0 spiro atoms. The standard InChI is InChI=1S/C26H32F3N5O2S/c1-15(2)34(6)8-7-16(3)36-22-10-19(9-20(11-22)24-30-12-17(4)37-24)23(35)33-18(5)21-13-31-25(32-14-21)26(27,28)29/h9-16,18H,7-8H2,1-6H3,(H,33,35)/t16-,18-/m1/s1. The molecule has 7 nitrogen and oxygen atoms in total. The maximum absolute atomic E-state index is 13.2. The quantitative estimate of drug-likeness (QED) is 0.347. The van der Waals surface area contributed by atoms with Crippen molar-refractivity contribution >= 4 is 17.2 Å². The van der Waals surface area contributed by atoms with Crippen LogP contribution in [-0.2, 0) is 6.18 Å². The Hall–Kier alpha value is -3.05. The van der Waals surface area contributed by atoms with E-state index in [0.29, 0.717) is 22.9 Å². The summed E-state index contributed by atoms with van der Waals surface area (Å²) >= 11 is 1.51. The van der Waals surface area contributed by atoms with Crippen molar-refractivity contribution < 1.29 is 22.7 Å². The number of nitrogens with zero attached hydrogens (tertiary/aromatic N) is 4. The predicted octanol–water partition coefficient (Wildman–Crippen LogP) is 5.92. The minimum Gasteiger partial charge on any atom is -0.491 e. The van der Waals surface area contributed by atoms with Crippen LogP contribution in [0.5, 0.6) is 5.75 Å². The highest BCUT2D eigenvalue weighted by Crippen LogP contribution is 2.31. The number of hydrogen-bond donors (Lipinski definition) is 1. The number of benzene rings is 1. The molecule has 0 aliphatic carbocycles. The predicted molar refractivity (Wildman–Crippen MR) is 138 cm³/mol. The summed E-state index contributed by atoms with van der Waals surface area (Å²) < 4.78 is 44.5. The Morgan fingerprint density at radius 2 is 1.76 bits per heavy atom. The van der Waals surface area contributed by atoms with E-state index in [1.54, 1.807) is 25.3 Å². The number of hydrogen-bond acceptors (Lipinski definition) is 7. The number of aromatic nitrogens is 3. The molecule has 200 valence electrons. The third kappa shape index (κ3) is 7.96. The van der Waals surface area contributed by atoms with E-state index in [2.05, 4.69) is 46.1 Å². The van der Waals surface area contributed by atoms with Crippen LogP contribution in [0, 0.1) is 6.92 Å². The molecule has 37 heavy (non-hydrogen) atoms. The number of amides is 1. The fraction of sp³-hybridized carbons (Fsp3) is 0.462. The number of nitrogens with one attached hydrogen (secondary N) is 1. The molecule has 0 bridgehead atoms. The van der Waals surface area contributed by atoms with Gasteiger partial charge in [-0.1, -0.05) is 0 Å². The van der Waals surface area contributed by atoms with Gasteiger partial charge in [0.05, 0.1) is 12.1 Å². The lowest BCUT2D eigenvalue weighted by atomic mass is 10.1. The van der Waals surface area contributed by atoms with Gasteiger partial charge in [0, 0.05) is 52.7 Å². The van der Waals surface area contributed by atoms with Gasteiger partial charge in [-0.25, -0.2) is 15.0 Å². The first-order valence-corrected chi connectivity index (χ1v) is 12.8. The van der Waals surface area contributed by atoms with Crippen molar-refractivity contribution in [3.05, 3.63) is 58.6 Å². The minimum atomic E-state index is -4.63. The zero-order valence-electron chi connectivity index (χ0n) is 21.8. The maximum atomic E-state index is 13.2. The molecule has 0 aliphatic rings. The van der Waals surface area contributed by atoms with Crippen LogP contribution < -0.4 is 10.1 Å². The second-order valence-corrected chi connectivity index (χ2v) is 10.6. The van der Waals surface area contributed by atoms with Crippen molar-refractivity contribution in [1.82, 2.24) is 25.2 Å². The van der Waals surface area contributed by atoms with E-state index in [9.17, 15) is 18.0 Å². The highest BCUT2D eigenvalue weighted by atomic mass is 32.1. The Morgan fingerprint density at radius 1 is 1.08 bits per heavy atom. The average Bonchev–Trinajstić information content (AvgIpc) is 3.28. The van der Waals surface area contributed by atoms with Gasteiger partial charge in [0.15, 0.2) is 0 Å². The van der Waals surface area contributed by atoms with Gasteiger partial charge in [-0.3, -0.25) is 4.79 Å². The summed E-state index contributed by atoms with van der Waals surface area (Å²) in [6.07, 6.45) is -0.00261. The van der Waals surface area contributed by atoms with Crippen molar-refractivity contribution in [3.8, 4) is 16.3 Å². The molecule has 0 saturated heterocycles. The first kappa shape index (κ1) is 28.5. The van der Waals surface area contributed by atoms with Crippen LogP contribution in [0.25, 0.3) is 10.6 Å². The lowest BCUT2D eigenvalue weighted by Crippen LogP contribution is -2.30. The topological polar surface area (TPSA) is 80.2 Å². The van der Waals surface area contributed by atoms with E-state index in [0.717, 1.165) is 40.8 Å². The van der Waals surface area contributed by atoms with Crippen LogP contribution >= 0.6 is 11.3 Å². The van der Waals surface area contributed by atoms with Crippen LogP contribution in [0.3, 0.4) is 0 Å². The Kier molecular flexibility index (Phi) is 9.25. The summed E-state index contributed by atoms with van der Waals surface area (Å²) in [5.74, 6) is -1.09. The zero-order valence-corrected chi connectivity index (χ0v) is 22.6. The lowest BCUT2D eigenvalue weighted by Gasteiger charge is -2.23. The monoisotopic (exact) mass is 535 g/mol. The number of halogens is 3. The summed E-state index contributed by atoms with van der Waals surface area (Å²) in [4.78, 5) is 27.6. The number of thiazole rings is 1. The molecular formula is C26H32F3N5O2S. The molecule has 1 amide bonds. The van der Waals surface area contributed by atoms with E-state index in [1.165, 1.54) is 11.3 Å². The smallest absolute Gasteiger partial charge is 0.451 e. The van der Waals surface area contributed by atoms with Crippen LogP contribution in [-0.4, -0.2) is 51.5 Å². The van der Waals surface area contributed by atoms with Gasteiger partial charge in [0.25, 0.3) is 5.91 Å². The molecule has 2 atom stereocenters. The molecule has 2 heterocycles. The van der Waals surface area contributed by atoms with Gasteiger partial charge in [0.1, 0.15) is 10.8 Å². The first-order valence-electron chi connectivity index (χ1n) is 12.0. The summed E-state index contributed by atoms with van der Waals surface area (Å²) in [6.45, 7) is 10.7. The van der Waals surface area contributed by atoms with Crippen LogP contribution in [0.4, 0.5) is 13.2 Å². The molecule has 0 aliphatic heterocycles. The largest absolute Gasteiger partial charge is 0.491 e. The van der Waals surface area contributed by atoms with E-state index in [-0.39, 0.29) is 6.10 Å². The number of rotatable bonds is 10. The van der Waals surface area contributed by atoms with Crippen molar-refractivity contribution in [1.29, 1.82) is 0 Å². The van der Waals surface area contributed by atoms with Gasteiger partial charge in [-0.05, 0) is 66.3 Å². The maximum Gasteiger partial charge on any atom is 0.451 e. The molecule has 0 unspecified atom stereocenters. The zero-order chi connectivity index (χ0) is 27.3. The van der Waals surface area contributed by atoms with E-state index in [1.807, 2.05) is 19.9 Å². The first-order chi connectivity index (χ1) is 17.3. The highest BCUT2D eigenvalue weighted by molar-refractivity contribution is 7.14. The lowest BCUT2D eigenvalue weighted by molar-refractivity contribution is -0.145.